The summed E-state index contributed by atoms with van der Waals surface area (Å²) in [6.45, 7) is 4.97. The monoisotopic (exact) mass is 473 g/mol. The normalized spacial score (nSPS) is 12.5. The molecule has 0 saturated heterocycles. The van der Waals surface area contributed by atoms with Gasteiger partial charge >= 0.3 is 0 Å². The minimum Gasteiger partial charge on any atom is -0.486 e. The van der Waals surface area contributed by atoms with E-state index in [1.54, 1.807) is 28.8 Å². The SMILES string of the molecule is Cc1cccc(-n2c(SCC(=O)Nc3ccc4c(c3)OCCO4)nc3ccccc3c2=O)c1C. The van der Waals surface area contributed by atoms with E-state index < -0.39 is 0 Å². The van der Waals surface area contributed by atoms with Crippen LogP contribution >= 0.6 is 11.8 Å². The largest absolute Gasteiger partial charge is 0.486 e. The standard InChI is InChI=1S/C26H23N3O4S/c1-16-6-5-9-21(17(16)2)29-25(31)19-7-3-4-8-20(19)28-26(29)34-15-24(30)27-18-10-11-22-23(14-18)33-13-12-32-22/h3-11,14H,12-13,15H2,1-2H3,(H,27,30). The van der Waals surface area contributed by atoms with Crippen molar-refractivity contribution < 1.29 is 14.3 Å². The van der Waals surface area contributed by atoms with Crippen molar-refractivity contribution in [2.75, 3.05) is 24.3 Å². The van der Waals surface area contributed by atoms with Gasteiger partial charge in [0.15, 0.2) is 16.7 Å². The van der Waals surface area contributed by atoms with Crippen LogP contribution in [-0.4, -0.2) is 34.4 Å². The highest BCUT2D eigenvalue weighted by Gasteiger charge is 2.17. The number of aryl methyl sites for hydroxylation is 1. The molecule has 1 amide bonds. The number of nitrogens with zero attached hydrogens (tertiary/aromatic N) is 2. The average Bonchev–Trinajstić information content (AvgIpc) is 2.85. The van der Waals surface area contributed by atoms with Crippen LogP contribution in [0, 0.1) is 13.8 Å². The van der Waals surface area contributed by atoms with Gasteiger partial charge < -0.3 is 14.8 Å². The lowest BCUT2D eigenvalue weighted by atomic mass is 10.1. The lowest BCUT2D eigenvalue weighted by molar-refractivity contribution is -0.113. The number of fused-ring (bicyclic) bond motifs is 2. The van der Waals surface area contributed by atoms with E-state index in [-0.39, 0.29) is 17.2 Å². The fraction of sp³-hybridized carbons (Fsp3) is 0.192. The van der Waals surface area contributed by atoms with E-state index in [9.17, 15) is 9.59 Å². The van der Waals surface area contributed by atoms with E-state index in [1.807, 2.05) is 50.2 Å². The lowest BCUT2D eigenvalue weighted by Crippen LogP contribution is -2.23. The molecule has 1 N–H and O–H groups in total. The van der Waals surface area contributed by atoms with Crippen LogP contribution in [0.3, 0.4) is 0 Å². The zero-order chi connectivity index (χ0) is 23.7. The van der Waals surface area contributed by atoms with Gasteiger partial charge in [-0.1, -0.05) is 36.0 Å². The number of rotatable bonds is 5. The Morgan fingerprint density at radius 1 is 1.03 bits per heavy atom. The van der Waals surface area contributed by atoms with E-state index in [0.717, 1.165) is 16.8 Å². The second-order valence-electron chi connectivity index (χ2n) is 7.97. The molecule has 8 heteroatoms. The van der Waals surface area contributed by atoms with Crippen LogP contribution in [0.5, 0.6) is 11.5 Å². The topological polar surface area (TPSA) is 82.5 Å². The minimum atomic E-state index is -0.211. The summed E-state index contributed by atoms with van der Waals surface area (Å²) in [4.78, 5) is 30.9. The number of aromatic nitrogens is 2. The second-order valence-corrected chi connectivity index (χ2v) is 8.91. The number of nitrogens with one attached hydrogen (secondary N) is 1. The van der Waals surface area contributed by atoms with Crippen molar-refractivity contribution in [3.05, 3.63) is 82.1 Å². The maximum absolute atomic E-state index is 13.5. The molecule has 0 saturated carbocycles. The Labute approximate surface area is 200 Å². The highest BCUT2D eigenvalue weighted by molar-refractivity contribution is 7.99. The Morgan fingerprint density at radius 3 is 2.68 bits per heavy atom. The molecule has 0 unspecified atom stereocenters. The van der Waals surface area contributed by atoms with Gasteiger partial charge in [0.1, 0.15) is 13.2 Å². The Hall–Kier alpha value is -3.78. The van der Waals surface area contributed by atoms with Crippen LogP contribution in [0.2, 0.25) is 0 Å². The molecule has 2 heterocycles. The van der Waals surface area contributed by atoms with Crippen LogP contribution in [-0.2, 0) is 4.79 Å². The third-order valence-electron chi connectivity index (χ3n) is 5.72. The third kappa shape index (κ3) is 4.24. The first-order valence-electron chi connectivity index (χ1n) is 10.9. The highest BCUT2D eigenvalue weighted by Crippen LogP contribution is 2.32. The van der Waals surface area contributed by atoms with Gasteiger partial charge in [-0.15, -0.1) is 0 Å². The summed E-state index contributed by atoms with van der Waals surface area (Å²) >= 11 is 1.23. The molecule has 1 aliphatic heterocycles. The molecule has 5 rings (SSSR count). The van der Waals surface area contributed by atoms with E-state index in [2.05, 4.69) is 5.32 Å². The maximum atomic E-state index is 13.5. The van der Waals surface area contributed by atoms with Gasteiger partial charge in [-0.2, -0.15) is 0 Å². The smallest absolute Gasteiger partial charge is 0.266 e. The summed E-state index contributed by atoms with van der Waals surface area (Å²) in [5, 5.41) is 3.89. The molecule has 0 aliphatic carbocycles. The van der Waals surface area contributed by atoms with Crippen LogP contribution in [0.25, 0.3) is 16.6 Å². The molecular formula is C26H23N3O4S. The molecule has 3 aromatic carbocycles. The quantitative estimate of drug-likeness (QED) is 0.339. The van der Waals surface area contributed by atoms with Gasteiger partial charge in [0, 0.05) is 11.8 Å². The molecule has 0 spiro atoms. The van der Waals surface area contributed by atoms with Crippen molar-refractivity contribution in [3.8, 4) is 17.2 Å². The van der Waals surface area contributed by atoms with Crippen molar-refractivity contribution in [1.29, 1.82) is 0 Å². The maximum Gasteiger partial charge on any atom is 0.266 e. The number of carbonyl (C=O) groups excluding carboxylic acids is 1. The zero-order valence-electron chi connectivity index (χ0n) is 18.8. The summed E-state index contributed by atoms with van der Waals surface area (Å²) < 4.78 is 12.7. The molecule has 1 aliphatic rings. The van der Waals surface area contributed by atoms with E-state index in [4.69, 9.17) is 14.5 Å². The lowest BCUT2D eigenvalue weighted by Gasteiger charge is -2.19. The number of thioether (sulfide) groups is 1. The summed E-state index contributed by atoms with van der Waals surface area (Å²) in [5.41, 5.74) is 3.89. The Bertz CT molecular complexity index is 1460. The fourth-order valence-corrected chi connectivity index (χ4v) is 4.65. The van der Waals surface area contributed by atoms with Crippen molar-refractivity contribution >= 4 is 34.3 Å². The molecule has 172 valence electrons. The van der Waals surface area contributed by atoms with Gasteiger partial charge in [-0.05, 0) is 55.3 Å². The van der Waals surface area contributed by atoms with Gasteiger partial charge in [-0.25, -0.2) is 4.98 Å². The molecule has 0 atom stereocenters. The molecule has 0 fully saturated rings. The first-order chi connectivity index (χ1) is 16.5. The van der Waals surface area contributed by atoms with Crippen molar-refractivity contribution in [2.45, 2.75) is 19.0 Å². The first kappa shape index (κ1) is 22.0. The number of benzene rings is 3. The Morgan fingerprint density at radius 2 is 1.82 bits per heavy atom. The number of hydrogen-bond acceptors (Lipinski definition) is 6. The van der Waals surface area contributed by atoms with Gasteiger partial charge in [-0.3, -0.25) is 14.2 Å². The van der Waals surface area contributed by atoms with E-state index in [1.165, 1.54) is 11.8 Å². The first-order valence-corrected chi connectivity index (χ1v) is 11.9. The molecule has 0 bridgehead atoms. The van der Waals surface area contributed by atoms with Crippen LogP contribution in [0.15, 0.2) is 70.6 Å². The second kappa shape index (κ2) is 9.23. The third-order valence-corrected chi connectivity index (χ3v) is 6.66. The number of hydrogen-bond donors (Lipinski definition) is 1. The van der Waals surface area contributed by atoms with Gasteiger partial charge in [0.05, 0.1) is 22.3 Å². The molecule has 0 radical (unpaired) electrons. The summed E-state index contributed by atoms with van der Waals surface area (Å²) in [7, 11) is 0. The number of carbonyl (C=O) groups is 1. The average molecular weight is 474 g/mol. The predicted molar refractivity (Wildman–Crippen MR) is 134 cm³/mol. The van der Waals surface area contributed by atoms with E-state index in [0.29, 0.717) is 46.5 Å². The van der Waals surface area contributed by atoms with Crippen LogP contribution in [0.1, 0.15) is 11.1 Å². The summed E-state index contributed by atoms with van der Waals surface area (Å²) in [6, 6.07) is 18.4. The van der Waals surface area contributed by atoms with E-state index >= 15 is 0 Å². The number of anilines is 1. The number of para-hydroxylation sites is 1. The molecule has 7 nitrogen and oxygen atoms in total. The molecular weight excluding hydrogens is 450 g/mol. The number of ether oxygens (including phenoxy) is 2. The minimum absolute atomic E-state index is 0.0874. The van der Waals surface area contributed by atoms with Crippen molar-refractivity contribution in [1.82, 2.24) is 9.55 Å². The Kier molecular flexibility index (Phi) is 5.98. The predicted octanol–water partition coefficient (Wildman–Crippen LogP) is 4.50. The summed E-state index contributed by atoms with van der Waals surface area (Å²) in [5.74, 6) is 1.15. The number of amides is 1. The highest BCUT2D eigenvalue weighted by atomic mass is 32.2. The molecule has 34 heavy (non-hydrogen) atoms. The molecule has 1 aromatic heterocycles. The molecule has 4 aromatic rings. The van der Waals surface area contributed by atoms with Crippen molar-refractivity contribution in [2.24, 2.45) is 0 Å². The van der Waals surface area contributed by atoms with Crippen LogP contribution in [0.4, 0.5) is 5.69 Å². The summed E-state index contributed by atoms with van der Waals surface area (Å²) in [6.07, 6.45) is 0. The zero-order valence-corrected chi connectivity index (χ0v) is 19.6. The Balaban J connectivity index is 1.44. The van der Waals surface area contributed by atoms with Gasteiger partial charge in [0.25, 0.3) is 5.56 Å². The van der Waals surface area contributed by atoms with Gasteiger partial charge in [0.2, 0.25) is 5.91 Å². The fourth-order valence-electron chi connectivity index (χ4n) is 3.85. The van der Waals surface area contributed by atoms with Crippen molar-refractivity contribution in [3.63, 3.8) is 0 Å². The van der Waals surface area contributed by atoms with Crippen LogP contribution < -0.4 is 20.3 Å².